The van der Waals surface area contributed by atoms with Crippen LogP contribution in [0.5, 0.6) is 5.75 Å². The first kappa shape index (κ1) is 52.6. The van der Waals surface area contributed by atoms with E-state index >= 15 is 0 Å². The van der Waals surface area contributed by atoms with E-state index in [0.717, 1.165) is 15.7 Å². The molecular weight excluding hydrogens is 889 g/mol. The van der Waals surface area contributed by atoms with Crippen LogP contribution in [0.3, 0.4) is 0 Å². The van der Waals surface area contributed by atoms with Crippen molar-refractivity contribution in [1.29, 1.82) is 0 Å². The van der Waals surface area contributed by atoms with Gasteiger partial charge in [0.2, 0.25) is 33.7 Å². The van der Waals surface area contributed by atoms with Crippen molar-refractivity contribution in [2.75, 3.05) is 19.7 Å². The molecular formula is C51H66N6O10S. The van der Waals surface area contributed by atoms with Crippen LogP contribution in [0.15, 0.2) is 79.4 Å². The number of fused-ring (bicyclic) bond motifs is 1. The minimum atomic E-state index is -4.02. The van der Waals surface area contributed by atoms with Crippen molar-refractivity contribution in [3.8, 4) is 18.1 Å². The van der Waals surface area contributed by atoms with Crippen LogP contribution in [0.25, 0.3) is 10.8 Å². The average Bonchev–Trinajstić information content (AvgIpc) is 4.06. The molecule has 3 aromatic rings. The molecule has 366 valence electrons. The zero-order chi connectivity index (χ0) is 50.1. The van der Waals surface area contributed by atoms with E-state index < -0.39 is 91.9 Å². The Balaban J connectivity index is 1.46. The summed E-state index contributed by atoms with van der Waals surface area (Å²) in [6.07, 6.45) is 6.99. The number of rotatable bonds is 20. The fourth-order valence-corrected chi connectivity index (χ4v) is 9.58. The summed E-state index contributed by atoms with van der Waals surface area (Å²) in [6.45, 7) is 16.3. The van der Waals surface area contributed by atoms with Gasteiger partial charge in [0, 0.05) is 25.9 Å². The Hall–Kier alpha value is -6.41. The normalized spacial score (nSPS) is 17.9. The minimum absolute atomic E-state index is 0.0315. The molecule has 1 heterocycles. The maximum absolute atomic E-state index is 14.8. The third-order valence-electron chi connectivity index (χ3n) is 12.0. The summed E-state index contributed by atoms with van der Waals surface area (Å²) in [5.41, 5.74) is -0.150. The predicted octanol–water partition coefficient (Wildman–Crippen LogP) is 4.95. The lowest BCUT2D eigenvalue weighted by Crippen LogP contribution is -2.61. The Kier molecular flexibility index (Phi) is 17.1. The van der Waals surface area contributed by atoms with E-state index in [4.69, 9.17) is 11.2 Å². The van der Waals surface area contributed by atoms with Gasteiger partial charge in [0.1, 0.15) is 42.6 Å². The molecule has 1 aliphatic heterocycles. The maximum Gasteiger partial charge on any atom is 0.407 e. The van der Waals surface area contributed by atoms with Crippen molar-refractivity contribution in [3.63, 3.8) is 0 Å². The van der Waals surface area contributed by atoms with Gasteiger partial charge in [0.05, 0.1) is 5.25 Å². The van der Waals surface area contributed by atoms with Crippen molar-refractivity contribution >= 4 is 56.4 Å². The molecule has 2 fully saturated rings. The zero-order valence-corrected chi connectivity index (χ0v) is 40.9. The Morgan fingerprint density at radius 2 is 1.50 bits per heavy atom. The van der Waals surface area contributed by atoms with Crippen LogP contribution in [0.2, 0.25) is 0 Å². The van der Waals surface area contributed by atoms with Gasteiger partial charge in [-0.05, 0) is 83.4 Å². The lowest BCUT2D eigenvalue weighted by Gasteiger charge is -2.37. The van der Waals surface area contributed by atoms with Gasteiger partial charge in [-0.15, -0.1) is 13.0 Å². The van der Waals surface area contributed by atoms with E-state index in [9.17, 15) is 42.3 Å². The second-order valence-electron chi connectivity index (χ2n) is 20.1. The number of carbonyl (C=O) groups is 6. The lowest BCUT2D eigenvalue weighted by atomic mass is 9.85. The van der Waals surface area contributed by atoms with Crippen LogP contribution in [-0.4, -0.2) is 114 Å². The molecule has 0 bridgehead atoms. The fourth-order valence-electron chi connectivity index (χ4n) is 8.24. The molecule has 2 aliphatic rings. The first-order valence-electron chi connectivity index (χ1n) is 22.9. The number of terminal acetylenes is 1. The van der Waals surface area contributed by atoms with Gasteiger partial charge in [-0.1, -0.05) is 108 Å². The Morgan fingerprint density at radius 3 is 2.09 bits per heavy atom. The molecule has 5 rings (SSSR count). The molecule has 5 N–H and O–H groups in total. The first-order chi connectivity index (χ1) is 31.9. The number of ether oxygens (including phenoxy) is 1. The number of hydrogen-bond acceptors (Lipinski definition) is 9. The number of carboxylic acid groups (broad SMARTS) is 1. The topological polar surface area (TPSA) is 221 Å². The fraction of sp³-hybridized carbons (Fsp3) is 0.490. The average molecular weight is 955 g/mol. The molecule has 1 aliphatic carbocycles. The largest absolute Gasteiger partial charge is 0.481 e. The molecule has 0 unspecified atom stereocenters. The van der Waals surface area contributed by atoms with E-state index in [-0.39, 0.29) is 44.9 Å². The highest BCUT2D eigenvalue weighted by Gasteiger charge is 2.46. The van der Waals surface area contributed by atoms with Gasteiger partial charge in [-0.25, -0.2) is 13.2 Å². The summed E-state index contributed by atoms with van der Waals surface area (Å²) in [5.74, 6) is -1.02. The number of nitrogens with zero attached hydrogens (tertiary/aromatic N) is 2. The van der Waals surface area contributed by atoms with Crippen LogP contribution in [0.4, 0.5) is 4.79 Å². The molecule has 1 saturated carbocycles. The molecule has 6 amide bonds. The molecule has 68 heavy (non-hydrogen) atoms. The highest BCUT2D eigenvalue weighted by molar-refractivity contribution is 7.90. The number of likely N-dealkylation sites (tertiary alicyclic amines) is 1. The van der Waals surface area contributed by atoms with Gasteiger partial charge in [0.15, 0.2) is 0 Å². The van der Waals surface area contributed by atoms with Crippen LogP contribution in [0, 0.1) is 29.1 Å². The number of allylic oxidation sites excluding steroid dienone is 1. The minimum Gasteiger partial charge on any atom is -0.481 e. The Morgan fingerprint density at radius 1 is 0.882 bits per heavy atom. The second kappa shape index (κ2) is 22.1. The molecule has 3 aromatic carbocycles. The predicted molar refractivity (Wildman–Crippen MR) is 260 cm³/mol. The van der Waals surface area contributed by atoms with E-state index in [1.165, 1.54) is 11.8 Å². The van der Waals surface area contributed by atoms with Crippen molar-refractivity contribution < 1.29 is 47.0 Å². The highest BCUT2D eigenvalue weighted by atomic mass is 32.2. The van der Waals surface area contributed by atoms with E-state index in [1.54, 1.807) is 51.1 Å². The van der Waals surface area contributed by atoms with Gasteiger partial charge in [0.25, 0.3) is 5.91 Å². The maximum atomic E-state index is 14.8. The van der Waals surface area contributed by atoms with Gasteiger partial charge < -0.3 is 30.7 Å². The number of carbonyl (C=O) groups excluding carboxylic acids is 5. The third-order valence-corrected chi connectivity index (χ3v) is 13.9. The van der Waals surface area contributed by atoms with E-state index in [1.807, 2.05) is 63.2 Å². The van der Waals surface area contributed by atoms with Crippen molar-refractivity contribution in [2.24, 2.45) is 16.7 Å². The number of amides is 6. The smallest absolute Gasteiger partial charge is 0.407 e. The van der Waals surface area contributed by atoms with Crippen molar-refractivity contribution in [3.05, 3.63) is 90.5 Å². The quantitative estimate of drug-likeness (QED) is 0.0758. The molecule has 17 heteroatoms. The molecule has 0 spiro atoms. The molecule has 0 aromatic heterocycles. The Labute approximate surface area is 400 Å². The Bertz CT molecular complexity index is 2500. The summed E-state index contributed by atoms with van der Waals surface area (Å²) in [4.78, 5) is 86.6. The van der Waals surface area contributed by atoms with Crippen molar-refractivity contribution in [2.45, 2.75) is 122 Å². The molecule has 6 atom stereocenters. The monoisotopic (exact) mass is 954 g/mol. The first-order valence-corrected chi connectivity index (χ1v) is 24.5. The van der Waals surface area contributed by atoms with Crippen molar-refractivity contribution in [1.82, 2.24) is 30.5 Å². The summed E-state index contributed by atoms with van der Waals surface area (Å²) >= 11 is 0. The highest BCUT2D eigenvalue weighted by Crippen LogP contribution is 2.31. The summed E-state index contributed by atoms with van der Waals surface area (Å²) in [5, 5.41) is 19.6. The summed E-state index contributed by atoms with van der Waals surface area (Å²) in [7, 11) is -4.02. The van der Waals surface area contributed by atoms with Gasteiger partial charge in [-0.2, -0.15) is 0 Å². The van der Waals surface area contributed by atoms with E-state index in [0.29, 0.717) is 36.1 Å². The molecule has 1 saturated heterocycles. The van der Waals surface area contributed by atoms with Gasteiger partial charge >= 0.3 is 6.09 Å². The number of sulfonamides is 1. The number of hydrogen-bond donors (Lipinski definition) is 5. The summed E-state index contributed by atoms with van der Waals surface area (Å²) in [6, 6.07) is 13.6. The SMILES string of the molecule is C#CCOc1ccc(C[C@H](NC(=O)[C@H](Cc2ccc3ccccc3c2)NC(=O)[C@@H]2C[C@H](CC=C)CN2C(=O)[C@@H](NC(=O)[C@H](C)N(CC(C)(C)C)C(=O)O)C(C)(C)C)C(=O)NS(=O)(=O)C2CC2)cc1. The number of nitrogens with one attached hydrogen (secondary N) is 4. The van der Waals surface area contributed by atoms with Crippen LogP contribution >= 0.6 is 0 Å². The standard InChI is InChI=1S/C51H66N6O10S/c1-10-14-35-29-42(56(30-35)48(62)43(51(7,8)9)54-44(58)32(3)57(49(63)64)31-50(4,5)6)47(61)53-40(28-34-17-20-36-15-12-13-16-37(36)26-34)45(59)52-41(46(60)55-68(65,66)39-23-24-39)27-33-18-21-38(22-19-33)67-25-11-2/h2,10,12-13,15-22,26,32,35,39-43H,1,14,23-25,27-31H2,3-9H3,(H,52,59)(H,53,61)(H,54,58)(H,55,60)(H,63,64)/t32-,35-,40-,41-,42-,43+/m0/s1. The lowest BCUT2D eigenvalue weighted by molar-refractivity contribution is -0.145. The zero-order valence-electron chi connectivity index (χ0n) is 40.0. The molecule has 0 radical (unpaired) electrons. The summed E-state index contributed by atoms with van der Waals surface area (Å²) < 4.78 is 33.6. The van der Waals surface area contributed by atoms with Crippen LogP contribution in [-0.2, 0) is 46.8 Å². The third kappa shape index (κ3) is 14.3. The van der Waals surface area contributed by atoms with Gasteiger partial charge in [-0.3, -0.25) is 33.6 Å². The van der Waals surface area contributed by atoms with Crippen LogP contribution in [0.1, 0.15) is 85.3 Å². The molecule has 16 nitrogen and oxygen atoms in total. The van der Waals surface area contributed by atoms with E-state index in [2.05, 4.69) is 33.2 Å². The second-order valence-corrected chi connectivity index (χ2v) is 22.1. The number of benzene rings is 3. The van der Waals surface area contributed by atoms with Crippen LogP contribution < -0.4 is 25.4 Å².